The minimum absolute atomic E-state index is 1.05. The second kappa shape index (κ2) is 10.7. The van der Waals surface area contributed by atoms with Gasteiger partial charge in [0.15, 0.2) is 0 Å². The number of nitrogens with zero attached hydrogens (tertiary/aromatic N) is 1. The van der Waals surface area contributed by atoms with Crippen LogP contribution in [0.4, 0.5) is 0 Å². The van der Waals surface area contributed by atoms with Crippen LogP contribution < -0.4 is 0 Å². The SMILES string of the molecule is C1=CC(S(c2ccccc2)(c2cccc(-c3ccccc3)c2)c2ccc3c4cc[nH]c4n(-c4ccccc4)c3c2)=CCC1. The third-order valence-corrected chi connectivity index (χ3v) is 12.4. The zero-order valence-electron chi connectivity index (χ0n) is 23.9. The fourth-order valence-electron chi connectivity index (χ4n) is 6.60. The van der Waals surface area contributed by atoms with Gasteiger partial charge in [-0.05, 0) is 83.5 Å². The summed E-state index contributed by atoms with van der Waals surface area (Å²) in [6.45, 7) is 0. The van der Waals surface area contributed by atoms with Gasteiger partial charge in [-0.15, -0.1) is 10.0 Å². The average molecular weight is 573 g/mol. The first-order chi connectivity index (χ1) is 21.3. The van der Waals surface area contributed by atoms with Crippen LogP contribution >= 0.6 is 10.0 Å². The van der Waals surface area contributed by atoms with E-state index in [2.05, 4.69) is 167 Å². The van der Waals surface area contributed by atoms with Crippen LogP contribution in [0.1, 0.15) is 12.8 Å². The Kier molecular flexibility index (Phi) is 6.39. The molecule has 7 aromatic rings. The van der Waals surface area contributed by atoms with Crippen molar-refractivity contribution in [2.45, 2.75) is 27.5 Å². The largest absolute Gasteiger partial charge is 0.347 e. The monoisotopic (exact) mass is 572 g/mol. The second-order valence-electron chi connectivity index (χ2n) is 11.0. The highest BCUT2D eigenvalue weighted by molar-refractivity contribution is 8.37. The molecule has 0 fully saturated rings. The number of aromatic nitrogens is 2. The van der Waals surface area contributed by atoms with Gasteiger partial charge in [-0.2, -0.15) is 0 Å². The van der Waals surface area contributed by atoms with Crippen LogP contribution in [0.5, 0.6) is 0 Å². The molecule has 208 valence electrons. The maximum atomic E-state index is 3.53. The smallest absolute Gasteiger partial charge is 0.123 e. The first kappa shape index (κ1) is 25.7. The van der Waals surface area contributed by atoms with Crippen LogP contribution in [0.3, 0.4) is 0 Å². The molecule has 0 aliphatic heterocycles. The first-order valence-corrected chi connectivity index (χ1v) is 16.5. The zero-order valence-corrected chi connectivity index (χ0v) is 24.7. The number of hydrogen-bond donors (Lipinski definition) is 1. The summed E-state index contributed by atoms with van der Waals surface area (Å²) in [5, 5.41) is 2.50. The van der Waals surface area contributed by atoms with Gasteiger partial charge < -0.3 is 4.98 Å². The van der Waals surface area contributed by atoms with Gasteiger partial charge in [0.1, 0.15) is 5.65 Å². The molecule has 0 spiro atoms. The standard InChI is InChI=1S/C40H32N2S/c1-5-14-30(15-6-1)31-16-13-23-35(28-31)43(33-19-9-3-10-20-33,34-21-11-4-12-22-34)36-24-25-37-38-26-27-41-40(38)42(39(37)29-36)32-17-7-2-8-18-32/h1-3,5-11,13-29,41H,4,12H2. The predicted molar refractivity (Wildman–Crippen MR) is 182 cm³/mol. The molecule has 0 bridgehead atoms. The Morgan fingerprint density at radius 3 is 2.02 bits per heavy atom. The minimum atomic E-state index is -1.83. The maximum absolute atomic E-state index is 3.53. The van der Waals surface area contributed by atoms with Crippen molar-refractivity contribution in [3.63, 3.8) is 0 Å². The average Bonchev–Trinajstić information content (AvgIpc) is 3.68. The molecule has 0 saturated carbocycles. The van der Waals surface area contributed by atoms with Crippen molar-refractivity contribution in [3.05, 3.63) is 169 Å². The van der Waals surface area contributed by atoms with Crippen LogP contribution in [0.15, 0.2) is 184 Å². The lowest BCUT2D eigenvalue weighted by Gasteiger charge is -2.43. The molecule has 0 radical (unpaired) electrons. The fourth-order valence-corrected chi connectivity index (χ4v) is 10.6. The molecule has 1 N–H and O–H groups in total. The second-order valence-corrected chi connectivity index (χ2v) is 14.1. The number of nitrogens with one attached hydrogen (secondary N) is 1. The Balaban J connectivity index is 1.47. The molecule has 0 amide bonds. The van der Waals surface area contributed by atoms with E-state index in [1.807, 2.05) is 6.20 Å². The number of aromatic amines is 1. The lowest BCUT2D eigenvalue weighted by molar-refractivity contribution is 1.03. The molecule has 0 saturated heterocycles. The van der Waals surface area contributed by atoms with Crippen LogP contribution in [-0.2, 0) is 0 Å². The number of allylic oxidation sites excluding steroid dienone is 3. The summed E-state index contributed by atoms with van der Waals surface area (Å²) in [6, 6.07) is 51.3. The molecular weight excluding hydrogens is 541 g/mol. The molecule has 1 aliphatic rings. The maximum Gasteiger partial charge on any atom is 0.123 e. The van der Waals surface area contributed by atoms with Crippen LogP contribution in [0.25, 0.3) is 38.8 Å². The summed E-state index contributed by atoms with van der Waals surface area (Å²) >= 11 is 0. The number of fused-ring (bicyclic) bond motifs is 3. The molecule has 43 heavy (non-hydrogen) atoms. The van der Waals surface area contributed by atoms with E-state index in [1.54, 1.807) is 0 Å². The van der Waals surface area contributed by atoms with Gasteiger partial charge in [0.25, 0.3) is 0 Å². The molecular formula is C40H32N2S. The first-order valence-electron chi connectivity index (χ1n) is 14.9. The highest BCUT2D eigenvalue weighted by Crippen LogP contribution is 2.74. The summed E-state index contributed by atoms with van der Waals surface area (Å²) in [7, 11) is -1.83. The van der Waals surface area contributed by atoms with E-state index < -0.39 is 10.0 Å². The van der Waals surface area contributed by atoms with Crippen molar-refractivity contribution in [1.29, 1.82) is 0 Å². The van der Waals surface area contributed by atoms with E-state index in [1.165, 1.54) is 47.0 Å². The Morgan fingerprint density at radius 1 is 0.558 bits per heavy atom. The number of H-pyrrole nitrogens is 1. The number of benzene rings is 5. The normalized spacial score (nSPS) is 15.3. The van der Waals surface area contributed by atoms with E-state index in [4.69, 9.17) is 0 Å². The molecule has 1 atom stereocenters. The predicted octanol–water partition coefficient (Wildman–Crippen LogP) is 11.3. The van der Waals surface area contributed by atoms with Crippen molar-refractivity contribution in [2.24, 2.45) is 0 Å². The fraction of sp³-hybridized carbons (Fsp3) is 0.0500. The summed E-state index contributed by atoms with van der Waals surface area (Å²) in [4.78, 5) is 8.97. The van der Waals surface area contributed by atoms with Crippen molar-refractivity contribution in [1.82, 2.24) is 9.55 Å². The third kappa shape index (κ3) is 4.19. The number of rotatable bonds is 6. The van der Waals surface area contributed by atoms with E-state index >= 15 is 0 Å². The van der Waals surface area contributed by atoms with Gasteiger partial charge in [-0.25, -0.2) is 0 Å². The quantitative estimate of drug-likeness (QED) is 0.205. The molecule has 8 rings (SSSR count). The van der Waals surface area contributed by atoms with Gasteiger partial charge in [0.2, 0.25) is 0 Å². The highest BCUT2D eigenvalue weighted by Gasteiger charge is 2.35. The van der Waals surface area contributed by atoms with Gasteiger partial charge in [-0.3, -0.25) is 4.57 Å². The molecule has 3 heteroatoms. The summed E-state index contributed by atoms with van der Waals surface area (Å²) < 4.78 is 2.38. The van der Waals surface area contributed by atoms with Crippen LogP contribution in [-0.4, -0.2) is 9.55 Å². The summed E-state index contributed by atoms with van der Waals surface area (Å²) in [5.41, 5.74) is 5.99. The Bertz CT molecular complexity index is 2120. The van der Waals surface area contributed by atoms with Gasteiger partial charge in [0, 0.05) is 37.3 Å². The van der Waals surface area contributed by atoms with E-state index in [0.29, 0.717) is 0 Å². The zero-order chi connectivity index (χ0) is 28.6. The van der Waals surface area contributed by atoms with Crippen molar-refractivity contribution in [3.8, 4) is 16.8 Å². The van der Waals surface area contributed by atoms with E-state index in [-0.39, 0.29) is 0 Å². The molecule has 2 heterocycles. The highest BCUT2D eigenvalue weighted by atomic mass is 32.3. The number of para-hydroxylation sites is 1. The van der Waals surface area contributed by atoms with Gasteiger partial charge in [0.05, 0.1) is 5.52 Å². The van der Waals surface area contributed by atoms with E-state index in [9.17, 15) is 0 Å². The molecule has 2 aromatic heterocycles. The van der Waals surface area contributed by atoms with Gasteiger partial charge in [-0.1, -0.05) is 103 Å². The van der Waals surface area contributed by atoms with E-state index in [0.717, 1.165) is 24.2 Å². The molecule has 2 nitrogen and oxygen atoms in total. The summed E-state index contributed by atoms with van der Waals surface area (Å²) in [6.07, 6.45) is 11.4. The van der Waals surface area contributed by atoms with Gasteiger partial charge >= 0.3 is 0 Å². The summed E-state index contributed by atoms with van der Waals surface area (Å²) in [5.74, 6) is 0. The van der Waals surface area contributed by atoms with Crippen molar-refractivity contribution >= 4 is 32.0 Å². The molecule has 1 aliphatic carbocycles. The van der Waals surface area contributed by atoms with Crippen LogP contribution in [0.2, 0.25) is 0 Å². The Morgan fingerprint density at radius 2 is 1.26 bits per heavy atom. The van der Waals surface area contributed by atoms with Crippen molar-refractivity contribution < 1.29 is 0 Å². The third-order valence-electron chi connectivity index (χ3n) is 8.52. The number of hydrogen-bond acceptors (Lipinski definition) is 0. The minimum Gasteiger partial charge on any atom is -0.347 e. The topological polar surface area (TPSA) is 20.7 Å². The Labute approximate surface area is 254 Å². The van der Waals surface area contributed by atoms with Crippen LogP contribution in [0, 0.1) is 0 Å². The Hall–Kier alpha value is -4.99. The van der Waals surface area contributed by atoms with Crippen molar-refractivity contribution in [2.75, 3.05) is 0 Å². The lowest BCUT2D eigenvalue weighted by atomic mass is 10.1. The molecule has 1 unspecified atom stereocenters. The lowest BCUT2D eigenvalue weighted by Crippen LogP contribution is -2.08. The molecule has 5 aromatic carbocycles.